The van der Waals surface area contributed by atoms with Gasteiger partial charge in [-0.25, -0.2) is 22.0 Å². The topological polar surface area (TPSA) is 83.5 Å². The fourth-order valence-corrected chi connectivity index (χ4v) is 3.58. The summed E-state index contributed by atoms with van der Waals surface area (Å²) < 4.78 is 50.4. The summed E-state index contributed by atoms with van der Waals surface area (Å²) in [6.45, 7) is 2.96. The van der Waals surface area contributed by atoms with Gasteiger partial charge in [-0.2, -0.15) is 0 Å². The Kier molecular flexibility index (Phi) is 4.76. The smallest absolute Gasteiger partial charge is 0.404 e. The van der Waals surface area contributed by atoms with E-state index in [1.54, 1.807) is 0 Å². The van der Waals surface area contributed by atoms with Gasteiger partial charge >= 0.3 is 6.09 Å². The highest BCUT2D eigenvalue weighted by Gasteiger charge is 2.43. The van der Waals surface area contributed by atoms with E-state index in [4.69, 9.17) is 5.11 Å². The second-order valence-electron chi connectivity index (χ2n) is 5.29. The van der Waals surface area contributed by atoms with E-state index < -0.39 is 57.7 Å². The molecule has 0 saturated heterocycles. The molecule has 1 saturated carbocycles. The Morgan fingerprint density at radius 2 is 2.05 bits per heavy atom. The van der Waals surface area contributed by atoms with E-state index in [-0.39, 0.29) is 6.42 Å². The second kappa shape index (κ2) is 5.60. The maximum atomic E-state index is 13.4. The number of alkyl halides is 2. The van der Waals surface area contributed by atoms with Gasteiger partial charge in [-0.1, -0.05) is 0 Å². The van der Waals surface area contributed by atoms with Gasteiger partial charge in [-0.05, 0) is 26.2 Å². The van der Waals surface area contributed by atoms with Crippen LogP contribution in [-0.4, -0.2) is 42.6 Å². The Bertz CT molecular complexity index is 436. The van der Waals surface area contributed by atoms with Crippen LogP contribution < -0.4 is 5.32 Å². The lowest BCUT2D eigenvalue weighted by atomic mass is 9.83. The molecule has 0 aromatic carbocycles. The molecule has 19 heavy (non-hydrogen) atoms. The zero-order valence-electron chi connectivity index (χ0n) is 10.9. The van der Waals surface area contributed by atoms with Crippen molar-refractivity contribution in [2.24, 2.45) is 5.92 Å². The fourth-order valence-electron chi connectivity index (χ4n) is 2.24. The van der Waals surface area contributed by atoms with E-state index in [2.05, 4.69) is 5.32 Å². The molecule has 1 aliphatic rings. The fraction of sp³-hybridized carbons (Fsp3) is 0.909. The minimum absolute atomic E-state index is 0.0441. The van der Waals surface area contributed by atoms with E-state index in [0.29, 0.717) is 0 Å². The minimum atomic E-state index is -3.48. The Morgan fingerprint density at radius 3 is 2.53 bits per heavy atom. The van der Waals surface area contributed by atoms with Crippen molar-refractivity contribution in [2.45, 2.75) is 50.3 Å². The summed E-state index contributed by atoms with van der Waals surface area (Å²) in [7, 11) is -3.48. The summed E-state index contributed by atoms with van der Waals surface area (Å²) in [6, 6.07) is -0.731. The molecule has 0 bridgehead atoms. The largest absolute Gasteiger partial charge is 0.465 e. The molecule has 1 fully saturated rings. The SMILES string of the molecule is CC(C)S(=O)(=O)C[C@@H]1CC(F)(F)CC[C@@H]1NC(=O)O. The minimum Gasteiger partial charge on any atom is -0.465 e. The van der Waals surface area contributed by atoms with Crippen molar-refractivity contribution in [3.63, 3.8) is 0 Å². The molecule has 2 atom stereocenters. The highest BCUT2D eigenvalue weighted by molar-refractivity contribution is 7.91. The van der Waals surface area contributed by atoms with Crippen LogP contribution in [0.1, 0.15) is 33.1 Å². The number of hydrogen-bond donors (Lipinski definition) is 2. The normalized spacial score (nSPS) is 27.2. The first-order valence-corrected chi connectivity index (χ1v) is 7.84. The van der Waals surface area contributed by atoms with Crippen LogP contribution >= 0.6 is 0 Å². The summed E-state index contributed by atoms with van der Waals surface area (Å²) in [5.74, 6) is -4.22. The third-order valence-electron chi connectivity index (χ3n) is 3.42. The molecule has 5 nitrogen and oxygen atoms in total. The first-order valence-electron chi connectivity index (χ1n) is 6.12. The van der Waals surface area contributed by atoms with Crippen LogP contribution in [0.15, 0.2) is 0 Å². The van der Waals surface area contributed by atoms with Gasteiger partial charge in [-0.3, -0.25) is 0 Å². The number of nitrogens with one attached hydrogen (secondary N) is 1. The van der Waals surface area contributed by atoms with Crippen LogP contribution in [0.2, 0.25) is 0 Å². The highest BCUT2D eigenvalue weighted by Crippen LogP contribution is 2.37. The van der Waals surface area contributed by atoms with E-state index in [0.717, 1.165) is 0 Å². The molecule has 0 aromatic rings. The molecule has 0 aliphatic heterocycles. The zero-order chi connectivity index (χ0) is 14.8. The lowest BCUT2D eigenvalue weighted by Crippen LogP contribution is -2.48. The van der Waals surface area contributed by atoms with Gasteiger partial charge in [0.05, 0.1) is 11.0 Å². The van der Waals surface area contributed by atoms with Gasteiger partial charge in [0.2, 0.25) is 5.92 Å². The van der Waals surface area contributed by atoms with Crippen LogP contribution in [0.25, 0.3) is 0 Å². The molecule has 1 amide bonds. The average molecular weight is 299 g/mol. The van der Waals surface area contributed by atoms with Crippen molar-refractivity contribution >= 4 is 15.9 Å². The van der Waals surface area contributed by atoms with Gasteiger partial charge in [-0.15, -0.1) is 0 Å². The number of halogens is 2. The molecule has 0 radical (unpaired) electrons. The summed E-state index contributed by atoms with van der Waals surface area (Å²) in [6.07, 6.45) is -2.38. The third-order valence-corrected chi connectivity index (χ3v) is 5.75. The van der Waals surface area contributed by atoms with Crippen molar-refractivity contribution in [3.05, 3.63) is 0 Å². The number of sulfone groups is 1. The van der Waals surface area contributed by atoms with Crippen LogP contribution in [-0.2, 0) is 9.84 Å². The average Bonchev–Trinajstić information content (AvgIpc) is 2.20. The maximum absolute atomic E-state index is 13.4. The van der Waals surface area contributed by atoms with Crippen molar-refractivity contribution in [2.75, 3.05) is 5.75 Å². The van der Waals surface area contributed by atoms with E-state index in [1.807, 2.05) is 0 Å². The lowest BCUT2D eigenvalue weighted by Gasteiger charge is -2.35. The van der Waals surface area contributed by atoms with E-state index in [1.165, 1.54) is 13.8 Å². The first-order chi connectivity index (χ1) is 8.53. The standard InChI is InChI=1S/C11H19F2NO4S/c1-7(2)19(17,18)6-8-5-11(12,13)4-3-9(8)14-10(15)16/h7-9,14H,3-6H2,1-2H3,(H,15,16)/t8-,9-/m0/s1. The van der Waals surface area contributed by atoms with Gasteiger partial charge in [0.25, 0.3) is 0 Å². The molecule has 0 aromatic heterocycles. The third kappa shape index (κ3) is 4.59. The molecule has 0 unspecified atom stereocenters. The van der Waals surface area contributed by atoms with Crippen LogP contribution in [0.5, 0.6) is 0 Å². The van der Waals surface area contributed by atoms with Gasteiger partial charge < -0.3 is 10.4 Å². The number of hydrogen-bond acceptors (Lipinski definition) is 3. The molecule has 8 heteroatoms. The van der Waals surface area contributed by atoms with Gasteiger partial charge in [0.15, 0.2) is 9.84 Å². The maximum Gasteiger partial charge on any atom is 0.404 e. The van der Waals surface area contributed by atoms with E-state index in [9.17, 15) is 22.0 Å². The Morgan fingerprint density at radius 1 is 1.47 bits per heavy atom. The summed E-state index contributed by atoms with van der Waals surface area (Å²) >= 11 is 0. The van der Waals surface area contributed by atoms with Gasteiger partial charge in [0, 0.05) is 18.9 Å². The van der Waals surface area contributed by atoms with E-state index >= 15 is 0 Å². The molecule has 2 N–H and O–H groups in total. The Hall–Kier alpha value is -0.920. The monoisotopic (exact) mass is 299 g/mol. The molecular weight excluding hydrogens is 280 g/mol. The Balaban J connectivity index is 2.86. The quantitative estimate of drug-likeness (QED) is 0.830. The molecule has 112 valence electrons. The van der Waals surface area contributed by atoms with Crippen molar-refractivity contribution in [3.8, 4) is 0 Å². The molecule has 1 rings (SSSR count). The summed E-state index contributed by atoms with van der Waals surface area (Å²) in [4.78, 5) is 10.6. The van der Waals surface area contributed by atoms with Crippen molar-refractivity contribution < 1.29 is 27.1 Å². The van der Waals surface area contributed by atoms with Crippen LogP contribution in [0.4, 0.5) is 13.6 Å². The van der Waals surface area contributed by atoms with Crippen LogP contribution in [0.3, 0.4) is 0 Å². The van der Waals surface area contributed by atoms with Crippen molar-refractivity contribution in [1.82, 2.24) is 5.32 Å². The second-order valence-corrected chi connectivity index (χ2v) is 7.89. The summed E-state index contributed by atoms with van der Waals surface area (Å²) in [5.41, 5.74) is 0. The molecular formula is C11H19F2NO4S. The molecule has 0 heterocycles. The summed E-state index contributed by atoms with van der Waals surface area (Å²) in [5, 5.41) is 10.2. The van der Waals surface area contributed by atoms with Crippen LogP contribution in [0, 0.1) is 5.92 Å². The highest BCUT2D eigenvalue weighted by atomic mass is 32.2. The predicted octanol–water partition coefficient (Wildman–Crippen LogP) is 1.88. The van der Waals surface area contributed by atoms with Crippen molar-refractivity contribution in [1.29, 1.82) is 0 Å². The zero-order valence-corrected chi connectivity index (χ0v) is 11.7. The lowest BCUT2D eigenvalue weighted by molar-refractivity contribution is -0.0572. The first kappa shape index (κ1) is 16.1. The number of carboxylic acid groups (broad SMARTS) is 1. The number of rotatable bonds is 4. The molecule has 1 aliphatic carbocycles. The Labute approximate surface area is 111 Å². The molecule has 0 spiro atoms. The predicted molar refractivity (Wildman–Crippen MR) is 66.2 cm³/mol. The van der Waals surface area contributed by atoms with Gasteiger partial charge in [0.1, 0.15) is 0 Å². The number of amides is 1. The number of carbonyl (C=O) groups is 1.